The van der Waals surface area contributed by atoms with Gasteiger partial charge in [0.05, 0.1) is 7.11 Å². The fourth-order valence-corrected chi connectivity index (χ4v) is 2.18. The number of hydrogen-bond acceptors (Lipinski definition) is 2. The second-order valence-electron chi connectivity index (χ2n) is 4.12. The molecule has 15 heavy (non-hydrogen) atoms. The van der Waals surface area contributed by atoms with Gasteiger partial charge in [0, 0.05) is 6.04 Å². The van der Waals surface area contributed by atoms with Crippen molar-refractivity contribution in [3.05, 3.63) is 29.3 Å². The maximum atomic E-state index is 5.33. The van der Waals surface area contributed by atoms with Gasteiger partial charge in [-0.25, -0.2) is 0 Å². The van der Waals surface area contributed by atoms with Crippen LogP contribution in [0.4, 0.5) is 0 Å². The summed E-state index contributed by atoms with van der Waals surface area (Å²) in [6.45, 7) is 3.32. The average molecular weight is 205 g/mol. The molecule has 1 saturated heterocycles. The van der Waals surface area contributed by atoms with E-state index in [4.69, 9.17) is 4.74 Å². The lowest BCUT2D eigenvalue weighted by molar-refractivity contribution is 0.413. The van der Waals surface area contributed by atoms with Crippen molar-refractivity contribution in [3.63, 3.8) is 0 Å². The van der Waals surface area contributed by atoms with E-state index >= 15 is 0 Å². The van der Waals surface area contributed by atoms with Crippen molar-refractivity contribution in [1.29, 1.82) is 0 Å². The number of aryl methyl sites for hydroxylation is 1. The summed E-state index contributed by atoms with van der Waals surface area (Å²) in [6, 6.07) is 7.11. The average Bonchev–Trinajstić information content (AvgIpc) is 2.81. The molecule has 0 aromatic heterocycles. The Morgan fingerprint density at radius 3 is 2.87 bits per heavy atom. The van der Waals surface area contributed by atoms with Crippen LogP contribution in [-0.2, 0) is 6.42 Å². The van der Waals surface area contributed by atoms with Gasteiger partial charge >= 0.3 is 0 Å². The highest BCUT2D eigenvalue weighted by molar-refractivity contribution is 5.36. The second kappa shape index (κ2) is 4.67. The molecule has 1 N–H and O–H groups in total. The lowest BCUT2D eigenvalue weighted by Gasteiger charge is -2.13. The summed E-state index contributed by atoms with van der Waals surface area (Å²) in [5, 5.41) is 3.52. The van der Waals surface area contributed by atoms with E-state index in [1.165, 1.54) is 24.0 Å². The third-order valence-electron chi connectivity index (χ3n) is 3.10. The minimum Gasteiger partial charge on any atom is -0.497 e. The topological polar surface area (TPSA) is 21.3 Å². The van der Waals surface area contributed by atoms with Crippen molar-refractivity contribution < 1.29 is 4.74 Å². The van der Waals surface area contributed by atoms with E-state index in [1.54, 1.807) is 7.11 Å². The Balaban J connectivity index is 2.28. The van der Waals surface area contributed by atoms with Gasteiger partial charge in [-0.1, -0.05) is 13.0 Å². The summed E-state index contributed by atoms with van der Waals surface area (Å²) in [7, 11) is 1.74. The predicted molar refractivity (Wildman–Crippen MR) is 62.3 cm³/mol. The van der Waals surface area contributed by atoms with Gasteiger partial charge < -0.3 is 10.1 Å². The number of rotatable bonds is 3. The SMILES string of the molecule is CCc1cc(OC)cc(C2CCCN2)c1. The molecule has 0 spiro atoms. The Labute approximate surface area is 91.6 Å². The van der Waals surface area contributed by atoms with Gasteiger partial charge in [0.2, 0.25) is 0 Å². The van der Waals surface area contributed by atoms with Gasteiger partial charge in [0.1, 0.15) is 5.75 Å². The van der Waals surface area contributed by atoms with Gasteiger partial charge in [-0.05, 0) is 49.1 Å². The van der Waals surface area contributed by atoms with Crippen molar-refractivity contribution in [2.45, 2.75) is 32.2 Å². The van der Waals surface area contributed by atoms with Crippen LogP contribution in [0.2, 0.25) is 0 Å². The summed E-state index contributed by atoms with van der Waals surface area (Å²) in [5.74, 6) is 0.984. The molecule has 2 rings (SSSR count). The smallest absolute Gasteiger partial charge is 0.119 e. The highest BCUT2D eigenvalue weighted by atomic mass is 16.5. The number of hydrogen-bond donors (Lipinski definition) is 1. The molecule has 1 aromatic rings. The van der Waals surface area contributed by atoms with Crippen molar-refractivity contribution >= 4 is 0 Å². The zero-order valence-corrected chi connectivity index (χ0v) is 9.55. The van der Waals surface area contributed by atoms with Crippen LogP contribution in [0.1, 0.15) is 36.9 Å². The molecule has 1 fully saturated rings. The van der Waals surface area contributed by atoms with Crippen molar-refractivity contribution in [2.75, 3.05) is 13.7 Å². The molecular formula is C13H19NO. The second-order valence-corrected chi connectivity index (χ2v) is 4.12. The van der Waals surface area contributed by atoms with E-state index < -0.39 is 0 Å². The minimum atomic E-state index is 0.533. The van der Waals surface area contributed by atoms with Crippen molar-refractivity contribution in [1.82, 2.24) is 5.32 Å². The zero-order chi connectivity index (χ0) is 10.7. The first-order valence-corrected chi connectivity index (χ1v) is 5.74. The van der Waals surface area contributed by atoms with Crippen molar-refractivity contribution in [3.8, 4) is 5.75 Å². The largest absolute Gasteiger partial charge is 0.497 e. The Morgan fingerprint density at radius 2 is 2.27 bits per heavy atom. The van der Waals surface area contributed by atoms with E-state index in [-0.39, 0.29) is 0 Å². The third kappa shape index (κ3) is 2.32. The third-order valence-corrected chi connectivity index (χ3v) is 3.10. The number of ether oxygens (including phenoxy) is 1. The number of methoxy groups -OCH3 is 1. The molecule has 1 aromatic carbocycles. The molecule has 2 heteroatoms. The molecule has 1 unspecified atom stereocenters. The Morgan fingerprint density at radius 1 is 1.40 bits per heavy atom. The Hall–Kier alpha value is -1.02. The number of benzene rings is 1. The van der Waals surface area contributed by atoms with Crippen LogP contribution in [0, 0.1) is 0 Å². The van der Waals surface area contributed by atoms with Crippen LogP contribution in [-0.4, -0.2) is 13.7 Å². The standard InChI is InChI=1S/C13H19NO/c1-3-10-7-11(9-12(8-10)15-2)13-5-4-6-14-13/h7-9,13-14H,3-6H2,1-2H3. The van der Waals surface area contributed by atoms with Crippen LogP contribution in [0.25, 0.3) is 0 Å². The summed E-state index contributed by atoms with van der Waals surface area (Å²) in [5.41, 5.74) is 2.74. The zero-order valence-electron chi connectivity index (χ0n) is 9.55. The molecule has 1 aliphatic heterocycles. The van der Waals surface area contributed by atoms with Gasteiger partial charge in [0.25, 0.3) is 0 Å². The molecule has 1 aliphatic rings. The molecule has 0 bridgehead atoms. The molecule has 2 nitrogen and oxygen atoms in total. The molecule has 0 amide bonds. The predicted octanol–water partition coefficient (Wildman–Crippen LogP) is 2.68. The van der Waals surface area contributed by atoms with Crippen molar-refractivity contribution in [2.24, 2.45) is 0 Å². The fraction of sp³-hybridized carbons (Fsp3) is 0.538. The van der Waals surface area contributed by atoms with E-state index in [1.807, 2.05) is 0 Å². The minimum absolute atomic E-state index is 0.533. The van der Waals surface area contributed by atoms with Gasteiger partial charge in [0.15, 0.2) is 0 Å². The molecule has 82 valence electrons. The fourth-order valence-electron chi connectivity index (χ4n) is 2.18. The van der Waals surface area contributed by atoms with Crippen LogP contribution in [0.15, 0.2) is 18.2 Å². The molecule has 0 radical (unpaired) electrons. The lowest BCUT2D eigenvalue weighted by atomic mass is 10.0. The normalized spacial score (nSPS) is 20.5. The number of nitrogens with one attached hydrogen (secondary N) is 1. The van der Waals surface area contributed by atoms with Gasteiger partial charge in [-0.2, -0.15) is 0 Å². The highest BCUT2D eigenvalue weighted by Crippen LogP contribution is 2.27. The monoisotopic (exact) mass is 205 g/mol. The summed E-state index contributed by atoms with van der Waals surface area (Å²) < 4.78 is 5.33. The maximum absolute atomic E-state index is 5.33. The van der Waals surface area contributed by atoms with Gasteiger partial charge in [-0.3, -0.25) is 0 Å². The summed E-state index contributed by atoms with van der Waals surface area (Å²) in [4.78, 5) is 0. The summed E-state index contributed by atoms with van der Waals surface area (Å²) in [6.07, 6.45) is 3.59. The molecule has 0 saturated carbocycles. The molecule has 1 atom stereocenters. The molecule has 1 heterocycles. The van der Waals surface area contributed by atoms with Crippen LogP contribution < -0.4 is 10.1 Å². The molecular weight excluding hydrogens is 186 g/mol. The molecule has 0 aliphatic carbocycles. The Bertz CT molecular complexity index is 307. The van der Waals surface area contributed by atoms with E-state index in [0.29, 0.717) is 6.04 Å². The Kier molecular flexibility index (Phi) is 3.27. The first-order valence-electron chi connectivity index (χ1n) is 5.74. The first-order chi connectivity index (χ1) is 7.33. The summed E-state index contributed by atoms with van der Waals surface area (Å²) >= 11 is 0. The van der Waals surface area contributed by atoms with E-state index in [9.17, 15) is 0 Å². The van der Waals surface area contributed by atoms with Crippen LogP contribution in [0.5, 0.6) is 5.75 Å². The highest BCUT2D eigenvalue weighted by Gasteiger charge is 2.17. The quantitative estimate of drug-likeness (QED) is 0.819. The maximum Gasteiger partial charge on any atom is 0.119 e. The van der Waals surface area contributed by atoms with Crippen LogP contribution >= 0.6 is 0 Å². The van der Waals surface area contributed by atoms with Gasteiger partial charge in [-0.15, -0.1) is 0 Å². The van der Waals surface area contributed by atoms with E-state index in [0.717, 1.165) is 18.7 Å². The lowest BCUT2D eigenvalue weighted by Crippen LogP contribution is -2.13. The first kappa shape index (κ1) is 10.5. The van der Waals surface area contributed by atoms with E-state index in [2.05, 4.69) is 30.4 Å². The van der Waals surface area contributed by atoms with Crippen LogP contribution in [0.3, 0.4) is 0 Å².